The standard InChI is InChI=1S/C19H19BrN6O2S/c1-12(14-4-3-5-16(10-14)28-2)22-23-18-24-25-19(26(18)21)29-11-17(27)13-6-8-15(20)9-7-13/h3-10H,11,21H2,1-2H3,(H,23,24)/b22-12+. The van der Waals surface area contributed by atoms with Crippen molar-refractivity contribution >= 4 is 45.1 Å². The molecule has 0 radical (unpaired) electrons. The van der Waals surface area contributed by atoms with E-state index in [4.69, 9.17) is 10.6 Å². The summed E-state index contributed by atoms with van der Waals surface area (Å²) in [5.74, 6) is 7.21. The largest absolute Gasteiger partial charge is 0.497 e. The van der Waals surface area contributed by atoms with Crippen molar-refractivity contribution in [2.45, 2.75) is 12.1 Å². The first kappa shape index (κ1) is 20.9. The third-order valence-corrected chi connectivity index (χ3v) is 5.45. The van der Waals surface area contributed by atoms with E-state index in [-0.39, 0.29) is 17.5 Å². The molecule has 0 unspecified atom stereocenters. The van der Waals surface area contributed by atoms with Crippen LogP contribution < -0.4 is 16.0 Å². The predicted octanol–water partition coefficient (Wildman–Crippen LogP) is 3.57. The van der Waals surface area contributed by atoms with Crippen LogP contribution >= 0.6 is 27.7 Å². The average molecular weight is 475 g/mol. The molecular weight excluding hydrogens is 456 g/mol. The Bertz CT molecular complexity index is 1040. The fourth-order valence-corrected chi connectivity index (χ4v) is 3.36. The van der Waals surface area contributed by atoms with Gasteiger partial charge in [0.25, 0.3) is 5.95 Å². The molecule has 0 saturated heterocycles. The molecule has 0 spiro atoms. The maximum atomic E-state index is 12.3. The highest BCUT2D eigenvalue weighted by Crippen LogP contribution is 2.19. The topological polar surface area (TPSA) is 107 Å². The van der Waals surface area contributed by atoms with E-state index in [1.807, 2.05) is 43.3 Å². The van der Waals surface area contributed by atoms with Crippen LogP contribution in [0.3, 0.4) is 0 Å². The summed E-state index contributed by atoms with van der Waals surface area (Å²) in [6, 6.07) is 14.7. The second-order valence-electron chi connectivity index (χ2n) is 5.94. The number of ketones is 1. The van der Waals surface area contributed by atoms with E-state index >= 15 is 0 Å². The van der Waals surface area contributed by atoms with Gasteiger partial charge in [0.1, 0.15) is 5.75 Å². The van der Waals surface area contributed by atoms with Gasteiger partial charge in [-0.15, -0.1) is 10.2 Å². The first-order chi connectivity index (χ1) is 14.0. The average Bonchev–Trinajstić information content (AvgIpc) is 3.10. The number of nitrogen functional groups attached to an aromatic ring is 1. The van der Waals surface area contributed by atoms with E-state index in [0.717, 1.165) is 21.5 Å². The molecule has 0 saturated carbocycles. The summed E-state index contributed by atoms with van der Waals surface area (Å²) in [6.45, 7) is 1.85. The molecule has 150 valence electrons. The number of nitrogens with one attached hydrogen (secondary N) is 1. The number of ether oxygens (including phenoxy) is 1. The number of carbonyl (C=O) groups is 1. The maximum absolute atomic E-state index is 12.3. The summed E-state index contributed by atoms with van der Waals surface area (Å²) in [6.07, 6.45) is 0. The summed E-state index contributed by atoms with van der Waals surface area (Å²) >= 11 is 4.56. The number of hydrogen-bond donors (Lipinski definition) is 2. The molecule has 0 aliphatic heterocycles. The zero-order chi connectivity index (χ0) is 20.8. The Morgan fingerprint density at radius 2 is 2.00 bits per heavy atom. The SMILES string of the molecule is COc1cccc(/C(C)=N/Nc2nnc(SCC(=O)c3ccc(Br)cc3)n2N)c1. The van der Waals surface area contributed by atoms with Gasteiger partial charge in [0, 0.05) is 15.6 Å². The van der Waals surface area contributed by atoms with Gasteiger partial charge in [0.05, 0.1) is 18.6 Å². The van der Waals surface area contributed by atoms with E-state index in [1.54, 1.807) is 19.2 Å². The van der Waals surface area contributed by atoms with E-state index in [0.29, 0.717) is 10.7 Å². The summed E-state index contributed by atoms with van der Waals surface area (Å²) < 4.78 is 7.41. The Labute approximate surface area is 180 Å². The molecule has 0 aliphatic rings. The van der Waals surface area contributed by atoms with Gasteiger partial charge < -0.3 is 10.6 Å². The van der Waals surface area contributed by atoms with Crippen molar-refractivity contribution in [3.63, 3.8) is 0 Å². The molecule has 1 heterocycles. The number of methoxy groups -OCH3 is 1. The van der Waals surface area contributed by atoms with Gasteiger partial charge in [0.2, 0.25) is 5.16 Å². The van der Waals surface area contributed by atoms with Crippen LogP contribution in [-0.2, 0) is 0 Å². The van der Waals surface area contributed by atoms with Crippen molar-refractivity contribution in [1.82, 2.24) is 14.9 Å². The van der Waals surface area contributed by atoms with Crippen LogP contribution in [0.15, 0.2) is 63.3 Å². The van der Waals surface area contributed by atoms with Gasteiger partial charge in [-0.25, -0.2) is 10.1 Å². The zero-order valence-electron chi connectivity index (χ0n) is 15.8. The Kier molecular flexibility index (Phi) is 6.89. The quantitative estimate of drug-likeness (QED) is 0.169. The Morgan fingerprint density at radius 3 is 2.72 bits per heavy atom. The third-order valence-electron chi connectivity index (χ3n) is 3.97. The number of halogens is 1. The molecule has 29 heavy (non-hydrogen) atoms. The van der Waals surface area contributed by atoms with E-state index in [9.17, 15) is 4.79 Å². The molecule has 0 bridgehead atoms. The van der Waals surface area contributed by atoms with E-state index < -0.39 is 0 Å². The van der Waals surface area contributed by atoms with Crippen molar-refractivity contribution in [3.8, 4) is 5.75 Å². The molecule has 3 N–H and O–H groups in total. The summed E-state index contributed by atoms with van der Waals surface area (Å²) in [5, 5.41) is 12.7. The van der Waals surface area contributed by atoms with Crippen LogP contribution in [0.5, 0.6) is 5.75 Å². The second kappa shape index (κ2) is 9.57. The Balaban J connectivity index is 1.63. The summed E-state index contributed by atoms with van der Waals surface area (Å²) in [5.41, 5.74) is 5.05. The number of nitrogens with zero attached hydrogens (tertiary/aromatic N) is 4. The molecule has 3 rings (SSSR count). The Hall–Kier alpha value is -2.85. The van der Waals surface area contributed by atoms with Gasteiger partial charge in [0.15, 0.2) is 5.78 Å². The smallest absolute Gasteiger partial charge is 0.264 e. The minimum absolute atomic E-state index is 0.0214. The maximum Gasteiger partial charge on any atom is 0.264 e. The van der Waals surface area contributed by atoms with Crippen LogP contribution in [-0.4, -0.2) is 39.2 Å². The molecule has 0 atom stereocenters. The molecule has 0 fully saturated rings. The number of aromatic nitrogens is 3. The summed E-state index contributed by atoms with van der Waals surface area (Å²) in [7, 11) is 1.61. The molecule has 2 aromatic carbocycles. The lowest BCUT2D eigenvalue weighted by Crippen LogP contribution is -2.14. The molecule has 0 amide bonds. The van der Waals surface area contributed by atoms with Crippen LogP contribution in [0.25, 0.3) is 0 Å². The Morgan fingerprint density at radius 1 is 1.24 bits per heavy atom. The number of thioether (sulfide) groups is 1. The minimum atomic E-state index is -0.0214. The van der Waals surface area contributed by atoms with Gasteiger partial charge in [-0.05, 0) is 31.2 Å². The summed E-state index contributed by atoms with van der Waals surface area (Å²) in [4.78, 5) is 12.3. The van der Waals surface area contributed by atoms with Gasteiger partial charge >= 0.3 is 0 Å². The fraction of sp³-hybridized carbons (Fsp3) is 0.158. The van der Waals surface area contributed by atoms with Gasteiger partial charge in [-0.3, -0.25) is 4.79 Å². The molecule has 1 aromatic heterocycles. The van der Waals surface area contributed by atoms with Crippen molar-refractivity contribution in [1.29, 1.82) is 0 Å². The van der Waals surface area contributed by atoms with Crippen molar-refractivity contribution in [2.24, 2.45) is 5.10 Å². The predicted molar refractivity (Wildman–Crippen MR) is 118 cm³/mol. The molecule has 3 aromatic rings. The van der Waals surface area contributed by atoms with E-state index in [2.05, 4.69) is 36.7 Å². The first-order valence-electron chi connectivity index (χ1n) is 8.54. The third kappa shape index (κ3) is 5.36. The monoisotopic (exact) mass is 474 g/mol. The lowest BCUT2D eigenvalue weighted by atomic mass is 10.1. The molecule has 0 aliphatic carbocycles. The lowest BCUT2D eigenvalue weighted by Gasteiger charge is -2.06. The van der Waals surface area contributed by atoms with Crippen LogP contribution in [0.1, 0.15) is 22.8 Å². The normalized spacial score (nSPS) is 11.3. The minimum Gasteiger partial charge on any atom is -0.497 e. The number of anilines is 1. The van der Waals surface area contributed by atoms with Crippen LogP contribution in [0, 0.1) is 0 Å². The highest BCUT2D eigenvalue weighted by Gasteiger charge is 2.13. The fourth-order valence-electron chi connectivity index (χ4n) is 2.35. The molecular formula is C19H19BrN6O2S. The van der Waals surface area contributed by atoms with Crippen molar-refractivity contribution in [2.75, 3.05) is 24.1 Å². The lowest BCUT2D eigenvalue weighted by molar-refractivity contribution is 0.102. The van der Waals surface area contributed by atoms with Crippen LogP contribution in [0.4, 0.5) is 5.95 Å². The number of nitrogens with two attached hydrogens (primary N) is 1. The van der Waals surface area contributed by atoms with Gasteiger partial charge in [-0.1, -0.05) is 52.0 Å². The number of carbonyl (C=O) groups excluding carboxylic acids is 1. The van der Waals surface area contributed by atoms with Gasteiger partial charge in [-0.2, -0.15) is 5.10 Å². The number of Topliss-reactive ketones (excluding diaryl/α,β-unsaturated/α-hetero) is 1. The first-order valence-corrected chi connectivity index (χ1v) is 10.3. The number of hydrogen-bond acceptors (Lipinski definition) is 8. The highest BCUT2D eigenvalue weighted by molar-refractivity contribution is 9.10. The number of rotatable bonds is 8. The highest BCUT2D eigenvalue weighted by atomic mass is 79.9. The van der Waals surface area contributed by atoms with Crippen molar-refractivity contribution < 1.29 is 9.53 Å². The van der Waals surface area contributed by atoms with Crippen LogP contribution in [0.2, 0.25) is 0 Å². The van der Waals surface area contributed by atoms with Crippen molar-refractivity contribution in [3.05, 3.63) is 64.1 Å². The number of benzene rings is 2. The zero-order valence-corrected chi connectivity index (χ0v) is 18.2. The molecule has 10 heteroatoms. The second-order valence-corrected chi connectivity index (χ2v) is 7.79. The van der Waals surface area contributed by atoms with E-state index in [1.165, 1.54) is 16.4 Å². The number of hydrazone groups is 1. The molecule has 8 nitrogen and oxygen atoms in total.